The number of nitrogens with zero attached hydrogens (tertiary/aromatic N) is 1. The number of aliphatic hydroxyl groups excluding tert-OH is 1. The second kappa shape index (κ2) is 6.78. The Labute approximate surface area is 123 Å². The maximum atomic E-state index is 11.0. The molecule has 1 aromatic rings. The van der Waals surface area contributed by atoms with Crippen LogP contribution < -0.4 is 9.47 Å². The number of likely N-dealkylation sites (N-methyl/N-ethyl adjacent to an activating group) is 1. The van der Waals surface area contributed by atoms with Crippen LogP contribution in [0, 0.1) is 0 Å². The Bertz CT molecular complexity index is 505. The number of aliphatic hydroxyl groups is 1. The zero-order valence-corrected chi connectivity index (χ0v) is 12.3. The van der Waals surface area contributed by atoms with Crippen molar-refractivity contribution >= 4 is 5.97 Å². The van der Waals surface area contributed by atoms with E-state index in [1.165, 1.54) is 13.2 Å². The van der Waals surface area contributed by atoms with Crippen molar-refractivity contribution in [1.29, 1.82) is 0 Å². The fraction of sp³-hybridized carbons (Fsp3) is 0.533. The highest BCUT2D eigenvalue weighted by Crippen LogP contribution is 2.36. The number of hydrogen-bond acceptors (Lipinski definition) is 5. The summed E-state index contributed by atoms with van der Waals surface area (Å²) in [5.41, 5.74) is 0.201. The summed E-state index contributed by atoms with van der Waals surface area (Å²) in [6, 6.07) is 4.91. The van der Waals surface area contributed by atoms with E-state index in [0.29, 0.717) is 5.75 Å². The first kappa shape index (κ1) is 15.6. The molecule has 2 unspecified atom stereocenters. The second-order valence-electron chi connectivity index (χ2n) is 5.26. The third-order valence-electron chi connectivity index (χ3n) is 3.62. The molecule has 2 atom stereocenters. The number of para-hydroxylation sites is 1. The van der Waals surface area contributed by atoms with Gasteiger partial charge in [-0.1, -0.05) is 12.1 Å². The molecule has 1 heterocycles. The molecule has 1 aliphatic rings. The average molecular weight is 295 g/mol. The van der Waals surface area contributed by atoms with Crippen LogP contribution in [0.25, 0.3) is 0 Å². The number of piperidine rings is 1. The Hall–Kier alpha value is -1.79. The predicted octanol–water partition coefficient (Wildman–Crippen LogP) is 1.29. The molecule has 2 N–H and O–H groups in total. The molecule has 0 aliphatic carbocycles. The molecule has 0 bridgehead atoms. The van der Waals surface area contributed by atoms with Crippen LogP contribution in [0.5, 0.6) is 11.5 Å². The lowest BCUT2D eigenvalue weighted by Crippen LogP contribution is -2.38. The molecule has 0 saturated carbocycles. The molecule has 2 rings (SSSR count). The van der Waals surface area contributed by atoms with Crippen molar-refractivity contribution < 1.29 is 24.5 Å². The van der Waals surface area contributed by atoms with Gasteiger partial charge in [0.05, 0.1) is 7.11 Å². The van der Waals surface area contributed by atoms with Crippen LogP contribution in [0.3, 0.4) is 0 Å². The summed E-state index contributed by atoms with van der Waals surface area (Å²) in [7, 11) is 3.48. The molecule has 0 aromatic heterocycles. The number of aliphatic carboxylic acids is 1. The average Bonchev–Trinajstić information content (AvgIpc) is 2.46. The molecule has 0 amide bonds. The molecule has 0 radical (unpaired) electrons. The van der Waals surface area contributed by atoms with E-state index < -0.39 is 12.1 Å². The smallest absolute Gasteiger partial charge is 0.337 e. The lowest BCUT2D eigenvalue weighted by Gasteiger charge is -2.30. The number of rotatable bonds is 5. The van der Waals surface area contributed by atoms with Crippen molar-refractivity contribution in [3.8, 4) is 11.5 Å². The van der Waals surface area contributed by atoms with Gasteiger partial charge in [0, 0.05) is 12.1 Å². The third kappa shape index (κ3) is 3.65. The van der Waals surface area contributed by atoms with Crippen LogP contribution in [-0.4, -0.2) is 54.4 Å². The fourth-order valence-electron chi connectivity index (χ4n) is 2.59. The minimum atomic E-state index is -1.63. The van der Waals surface area contributed by atoms with E-state index >= 15 is 0 Å². The topological polar surface area (TPSA) is 79.2 Å². The summed E-state index contributed by atoms with van der Waals surface area (Å²) in [5.74, 6) is -0.570. The molecule has 0 spiro atoms. The first-order valence-electron chi connectivity index (χ1n) is 6.96. The van der Waals surface area contributed by atoms with Gasteiger partial charge in [0.25, 0.3) is 0 Å². The molecule has 116 valence electrons. The van der Waals surface area contributed by atoms with Crippen LogP contribution in [0.1, 0.15) is 24.5 Å². The number of carboxylic acids is 1. The van der Waals surface area contributed by atoms with E-state index in [0.717, 1.165) is 25.9 Å². The highest BCUT2D eigenvalue weighted by Gasteiger charge is 2.25. The number of ether oxygens (including phenoxy) is 2. The van der Waals surface area contributed by atoms with E-state index in [1.807, 2.05) is 7.05 Å². The van der Waals surface area contributed by atoms with E-state index in [2.05, 4.69) is 4.90 Å². The highest BCUT2D eigenvalue weighted by molar-refractivity contribution is 5.75. The monoisotopic (exact) mass is 295 g/mol. The minimum absolute atomic E-state index is 0.0369. The Kier molecular flexibility index (Phi) is 5.03. The number of likely N-dealkylation sites (tertiary alicyclic amines) is 1. The van der Waals surface area contributed by atoms with Crippen molar-refractivity contribution in [2.75, 3.05) is 27.2 Å². The summed E-state index contributed by atoms with van der Waals surface area (Å²) in [4.78, 5) is 13.2. The number of hydrogen-bond donors (Lipinski definition) is 2. The zero-order valence-electron chi connectivity index (χ0n) is 12.3. The lowest BCUT2D eigenvalue weighted by atomic mass is 10.1. The maximum absolute atomic E-state index is 11.0. The van der Waals surface area contributed by atoms with E-state index in [4.69, 9.17) is 14.6 Å². The van der Waals surface area contributed by atoms with Gasteiger partial charge >= 0.3 is 5.97 Å². The van der Waals surface area contributed by atoms with Crippen LogP contribution in [0.15, 0.2) is 18.2 Å². The van der Waals surface area contributed by atoms with E-state index in [1.54, 1.807) is 12.1 Å². The van der Waals surface area contributed by atoms with Crippen molar-refractivity contribution in [3.05, 3.63) is 23.8 Å². The zero-order chi connectivity index (χ0) is 15.4. The standard InChI is InChI=1S/C15H21NO5/c1-16-8-4-5-10(9-16)21-12-7-3-6-11(14(12)20-2)13(17)15(18)19/h3,6-7,10,13,17H,4-5,8-9H2,1-2H3,(H,18,19). The summed E-state index contributed by atoms with van der Waals surface area (Å²) < 4.78 is 11.2. The van der Waals surface area contributed by atoms with E-state index in [-0.39, 0.29) is 17.4 Å². The summed E-state index contributed by atoms with van der Waals surface area (Å²) >= 11 is 0. The van der Waals surface area contributed by atoms with Gasteiger partial charge in [-0.3, -0.25) is 0 Å². The van der Waals surface area contributed by atoms with Crippen molar-refractivity contribution in [2.24, 2.45) is 0 Å². The molecular formula is C15H21NO5. The summed E-state index contributed by atoms with van der Waals surface area (Å²) in [6.45, 7) is 1.86. The molecular weight excluding hydrogens is 274 g/mol. The normalized spacial score (nSPS) is 20.8. The van der Waals surface area contributed by atoms with Gasteiger partial charge in [0.2, 0.25) is 0 Å². The van der Waals surface area contributed by atoms with Gasteiger partial charge in [0.15, 0.2) is 17.6 Å². The molecule has 1 saturated heterocycles. The van der Waals surface area contributed by atoms with Gasteiger partial charge in [-0.05, 0) is 32.5 Å². The Balaban J connectivity index is 2.23. The van der Waals surface area contributed by atoms with Crippen molar-refractivity contribution in [2.45, 2.75) is 25.0 Å². The molecule has 6 nitrogen and oxygen atoms in total. The van der Waals surface area contributed by atoms with Gasteiger partial charge in [-0.25, -0.2) is 4.79 Å². The van der Waals surface area contributed by atoms with E-state index in [9.17, 15) is 9.90 Å². The summed E-state index contributed by atoms with van der Waals surface area (Å²) in [5, 5.41) is 18.7. The number of carboxylic acid groups (broad SMARTS) is 1. The Morgan fingerprint density at radius 1 is 1.48 bits per heavy atom. The van der Waals surface area contributed by atoms with Gasteiger partial charge < -0.3 is 24.6 Å². The van der Waals surface area contributed by atoms with Crippen LogP contribution in [0.4, 0.5) is 0 Å². The molecule has 6 heteroatoms. The van der Waals surface area contributed by atoms with Crippen LogP contribution in [-0.2, 0) is 4.79 Å². The maximum Gasteiger partial charge on any atom is 0.337 e. The van der Waals surface area contributed by atoms with Crippen molar-refractivity contribution in [3.63, 3.8) is 0 Å². The SMILES string of the molecule is COc1c(OC2CCCN(C)C2)cccc1C(O)C(=O)O. The largest absolute Gasteiger partial charge is 0.492 e. The Morgan fingerprint density at radius 2 is 2.24 bits per heavy atom. The highest BCUT2D eigenvalue weighted by atomic mass is 16.5. The van der Waals surface area contributed by atoms with Crippen LogP contribution in [0.2, 0.25) is 0 Å². The molecule has 1 aliphatic heterocycles. The Morgan fingerprint density at radius 3 is 2.86 bits per heavy atom. The lowest BCUT2D eigenvalue weighted by molar-refractivity contribution is -0.147. The first-order chi connectivity index (χ1) is 10.0. The quantitative estimate of drug-likeness (QED) is 0.852. The summed E-state index contributed by atoms with van der Waals surface area (Å²) in [6.07, 6.45) is 0.410. The van der Waals surface area contributed by atoms with Gasteiger partial charge in [-0.15, -0.1) is 0 Å². The van der Waals surface area contributed by atoms with Gasteiger partial charge in [0.1, 0.15) is 6.10 Å². The third-order valence-corrected chi connectivity index (χ3v) is 3.62. The fourth-order valence-corrected chi connectivity index (χ4v) is 2.59. The number of benzene rings is 1. The van der Waals surface area contributed by atoms with Gasteiger partial charge in [-0.2, -0.15) is 0 Å². The van der Waals surface area contributed by atoms with Crippen LogP contribution >= 0.6 is 0 Å². The first-order valence-corrected chi connectivity index (χ1v) is 6.96. The molecule has 1 fully saturated rings. The molecule has 21 heavy (non-hydrogen) atoms. The predicted molar refractivity (Wildman–Crippen MR) is 76.7 cm³/mol. The molecule has 1 aromatic carbocycles. The number of methoxy groups -OCH3 is 1. The number of carbonyl (C=O) groups is 1. The van der Waals surface area contributed by atoms with Crippen molar-refractivity contribution in [1.82, 2.24) is 4.90 Å². The second-order valence-corrected chi connectivity index (χ2v) is 5.26. The minimum Gasteiger partial charge on any atom is -0.492 e.